The molecule has 1 aromatic carbocycles. The van der Waals surface area contributed by atoms with Crippen LogP contribution in [0.25, 0.3) is 0 Å². The highest BCUT2D eigenvalue weighted by Gasteiger charge is 2.35. The van der Waals surface area contributed by atoms with Crippen molar-refractivity contribution in [2.45, 2.75) is 32.2 Å². The van der Waals surface area contributed by atoms with E-state index < -0.39 is 5.97 Å². The first kappa shape index (κ1) is 12.6. The lowest BCUT2D eigenvalue weighted by molar-refractivity contribution is -0.145. The molecular weight excluding hydrogens is 230 g/mol. The van der Waals surface area contributed by atoms with Crippen molar-refractivity contribution in [2.24, 2.45) is 5.92 Å². The fourth-order valence-electron chi connectivity index (χ4n) is 2.10. The van der Waals surface area contributed by atoms with Crippen molar-refractivity contribution in [1.29, 1.82) is 0 Å². The maximum Gasteiger partial charge on any atom is 0.306 e. The third kappa shape index (κ3) is 2.70. The number of hydrogen-bond acceptors (Lipinski definition) is 2. The molecule has 2 N–H and O–H groups in total. The van der Waals surface area contributed by atoms with Crippen molar-refractivity contribution in [2.75, 3.05) is 0 Å². The van der Waals surface area contributed by atoms with Crippen LogP contribution in [0.5, 0.6) is 0 Å². The largest absolute Gasteiger partial charge is 0.481 e. The van der Waals surface area contributed by atoms with E-state index in [1.165, 1.54) is 5.56 Å². The Labute approximate surface area is 106 Å². The van der Waals surface area contributed by atoms with Crippen molar-refractivity contribution in [3.63, 3.8) is 0 Å². The Hall–Kier alpha value is -1.84. The smallest absolute Gasteiger partial charge is 0.306 e. The molecule has 0 atom stereocenters. The zero-order chi connectivity index (χ0) is 13.1. The molecule has 0 saturated heterocycles. The summed E-state index contributed by atoms with van der Waals surface area (Å²) in [6, 6.07) is 7.50. The summed E-state index contributed by atoms with van der Waals surface area (Å²) in [5.74, 6) is -1.18. The van der Waals surface area contributed by atoms with Crippen LogP contribution in [0.4, 0.5) is 0 Å². The number of carboxylic acid groups (broad SMARTS) is 1. The summed E-state index contributed by atoms with van der Waals surface area (Å²) in [5.41, 5.74) is 1.83. The number of aryl methyl sites for hydroxylation is 1. The molecule has 0 heterocycles. The normalized spacial score (nSPS) is 22.1. The Morgan fingerprint density at radius 1 is 1.28 bits per heavy atom. The lowest BCUT2D eigenvalue weighted by Gasteiger charge is -2.32. The molecule has 0 unspecified atom stereocenters. The SMILES string of the molecule is CCc1ccc(C(=O)NC2CC(C(=O)O)C2)cc1. The van der Waals surface area contributed by atoms with Crippen LogP contribution in [-0.4, -0.2) is 23.0 Å². The molecule has 4 heteroatoms. The maximum atomic E-state index is 11.9. The maximum absolute atomic E-state index is 11.9. The van der Waals surface area contributed by atoms with Gasteiger partial charge in [-0.05, 0) is 37.0 Å². The Kier molecular flexibility index (Phi) is 3.65. The number of carboxylic acids is 1. The van der Waals surface area contributed by atoms with Gasteiger partial charge in [-0.1, -0.05) is 19.1 Å². The zero-order valence-electron chi connectivity index (χ0n) is 10.3. The molecule has 18 heavy (non-hydrogen) atoms. The lowest BCUT2D eigenvalue weighted by atomic mass is 9.80. The van der Waals surface area contributed by atoms with Gasteiger partial charge in [-0.15, -0.1) is 0 Å². The first-order valence-electron chi connectivity index (χ1n) is 6.22. The molecule has 0 aliphatic heterocycles. The van der Waals surface area contributed by atoms with E-state index in [0.29, 0.717) is 18.4 Å². The van der Waals surface area contributed by atoms with Crippen LogP contribution in [0.1, 0.15) is 35.7 Å². The van der Waals surface area contributed by atoms with Crippen LogP contribution in [0, 0.1) is 5.92 Å². The monoisotopic (exact) mass is 247 g/mol. The van der Waals surface area contributed by atoms with Crippen molar-refractivity contribution < 1.29 is 14.7 Å². The highest BCUT2D eigenvalue weighted by molar-refractivity contribution is 5.94. The summed E-state index contributed by atoms with van der Waals surface area (Å²) in [6.07, 6.45) is 2.02. The second-order valence-corrected chi connectivity index (χ2v) is 4.73. The first-order chi connectivity index (χ1) is 8.60. The fourth-order valence-corrected chi connectivity index (χ4v) is 2.10. The van der Waals surface area contributed by atoms with Crippen LogP contribution < -0.4 is 5.32 Å². The van der Waals surface area contributed by atoms with E-state index in [0.717, 1.165) is 6.42 Å². The van der Waals surface area contributed by atoms with E-state index in [-0.39, 0.29) is 17.9 Å². The van der Waals surface area contributed by atoms with E-state index in [4.69, 9.17) is 5.11 Å². The number of hydrogen-bond donors (Lipinski definition) is 2. The van der Waals surface area contributed by atoms with Crippen molar-refractivity contribution in [3.05, 3.63) is 35.4 Å². The van der Waals surface area contributed by atoms with Gasteiger partial charge < -0.3 is 10.4 Å². The van der Waals surface area contributed by atoms with Gasteiger partial charge in [0.1, 0.15) is 0 Å². The quantitative estimate of drug-likeness (QED) is 0.853. The average Bonchev–Trinajstić information content (AvgIpc) is 2.32. The molecule has 0 radical (unpaired) electrons. The fraction of sp³-hybridized carbons (Fsp3) is 0.429. The summed E-state index contributed by atoms with van der Waals surface area (Å²) in [7, 11) is 0. The highest BCUT2D eigenvalue weighted by atomic mass is 16.4. The third-order valence-electron chi connectivity index (χ3n) is 3.45. The minimum Gasteiger partial charge on any atom is -0.481 e. The molecule has 4 nitrogen and oxygen atoms in total. The molecule has 1 aliphatic carbocycles. The zero-order valence-corrected chi connectivity index (χ0v) is 10.3. The lowest BCUT2D eigenvalue weighted by Crippen LogP contribution is -2.46. The summed E-state index contributed by atoms with van der Waals surface area (Å²) < 4.78 is 0. The van der Waals surface area contributed by atoms with Gasteiger partial charge >= 0.3 is 5.97 Å². The van der Waals surface area contributed by atoms with Gasteiger partial charge in [-0.25, -0.2) is 0 Å². The van der Waals surface area contributed by atoms with Crippen LogP contribution in [0.3, 0.4) is 0 Å². The minimum atomic E-state index is -0.771. The number of aliphatic carboxylic acids is 1. The molecule has 96 valence electrons. The van der Waals surface area contributed by atoms with E-state index in [9.17, 15) is 9.59 Å². The molecule has 2 rings (SSSR count). The van der Waals surface area contributed by atoms with E-state index in [1.807, 2.05) is 24.3 Å². The Bertz CT molecular complexity index is 447. The van der Waals surface area contributed by atoms with Gasteiger partial charge in [0.2, 0.25) is 0 Å². The van der Waals surface area contributed by atoms with Gasteiger partial charge in [-0.3, -0.25) is 9.59 Å². The molecule has 1 saturated carbocycles. The summed E-state index contributed by atoms with van der Waals surface area (Å²) in [4.78, 5) is 22.5. The van der Waals surface area contributed by atoms with Gasteiger partial charge in [0.05, 0.1) is 5.92 Å². The Morgan fingerprint density at radius 3 is 2.39 bits per heavy atom. The van der Waals surface area contributed by atoms with Gasteiger partial charge in [0, 0.05) is 11.6 Å². The van der Waals surface area contributed by atoms with Gasteiger partial charge in [-0.2, -0.15) is 0 Å². The van der Waals surface area contributed by atoms with Crippen LogP contribution in [0.15, 0.2) is 24.3 Å². The molecule has 1 amide bonds. The van der Waals surface area contributed by atoms with Crippen LogP contribution in [0.2, 0.25) is 0 Å². The predicted octanol–water partition coefficient (Wildman–Crippen LogP) is 1.84. The van der Waals surface area contributed by atoms with Crippen molar-refractivity contribution in [1.82, 2.24) is 5.32 Å². The predicted molar refractivity (Wildman–Crippen MR) is 67.4 cm³/mol. The van der Waals surface area contributed by atoms with Crippen LogP contribution in [-0.2, 0) is 11.2 Å². The molecule has 1 fully saturated rings. The minimum absolute atomic E-state index is 0.00412. The summed E-state index contributed by atoms with van der Waals surface area (Å²) in [6.45, 7) is 2.06. The standard InChI is InChI=1S/C14H17NO3/c1-2-9-3-5-10(6-4-9)13(16)15-12-7-11(8-12)14(17)18/h3-6,11-12H,2,7-8H2,1H3,(H,15,16)(H,17,18). The molecule has 0 aromatic heterocycles. The van der Waals surface area contributed by atoms with E-state index in [1.54, 1.807) is 0 Å². The number of rotatable bonds is 4. The van der Waals surface area contributed by atoms with E-state index >= 15 is 0 Å². The Morgan fingerprint density at radius 2 is 1.89 bits per heavy atom. The van der Waals surface area contributed by atoms with Crippen LogP contribution >= 0.6 is 0 Å². The Balaban J connectivity index is 1.87. The molecule has 0 bridgehead atoms. The van der Waals surface area contributed by atoms with Crippen molar-refractivity contribution >= 4 is 11.9 Å². The second kappa shape index (κ2) is 5.21. The topological polar surface area (TPSA) is 66.4 Å². The van der Waals surface area contributed by atoms with Gasteiger partial charge in [0.25, 0.3) is 5.91 Å². The molecule has 1 aromatic rings. The van der Waals surface area contributed by atoms with E-state index in [2.05, 4.69) is 12.2 Å². The summed E-state index contributed by atoms with van der Waals surface area (Å²) >= 11 is 0. The number of amides is 1. The molecular formula is C14H17NO3. The number of benzene rings is 1. The van der Waals surface area contributed by atoms with Gasteiger partial charge in [0.15, 0.2) is 0 Å². The number of nitrogens with one attached hydrogen (secondary N) is 1. The van der Waals surface area contributed by atoms with Crippen molar-refractivity contribution in [3.8, 4) is 0 Å². The summed E-state index contributed by atoms with van der Waals surface area (Å²) in [5, 5.41) is 11.6. The third-order valence-corrected chi connectivity index (χ3v) is 3.45. The molecule has 1 aliphatic rings. The first-order valence-corrected chi connectivity index (χ1v) is 6.22. The average molecular weight is 247 g/mol. The number of carbonyl (C=O) groups excluding carboxylic acids is 1. The second-order valence-electron chi connectivity index (χ2n) is 4.73. The highest BCUT2D eigenvalue weighted by Crippen LogP contribution is 2.27. The number of carbonyl (C=O) groups is 2. The molecule has 0 spiro atoms.